The van der Waals surface area contributed by atoms with E-state index in [2.05, 4.69) is 10.6 Å². The molecule has 0 aliphatic carbocycles. The number of hydrogen-bond acceptors (Lipinski definition) is 3. The van der Waals surface area contributed by atoms with Gasteiger partial charge in [0.05, 0.1) is 0 Å². The zero-order valence-electron chi connectivity index (χ0n) is 17.4. The van der Waals surface area contributed by atoms with Gasteiger partial charge >= 0.3 is 6.03 Å². The fourth-order valence-corrected chi connectivity index (χ4v) is 3.74. The monoisotopic (exact) mass is 411 g/mol. The average Bonchev–Trinajstić information content (AvgIpc) is 2.94. The first-order chi connectivity index (χ1) is 14.3. The Morgan fingerprint density at radius 2 is 1.83 bits per heavy atom. The van der Waals surface area contributed by atoms with Crippen LogP contribution in [0.15, 0.2) is 42.5 Å². The maximum absolute atomic E-state index is 13.4. The molecule has 1 atom stereocenters. The summed E-state index contributed by atoms with van der Waals surface area (Å²) in [6, 6.07) is 10.5. The van der Waals surface area contributed by atoms with Crippen molar-refractivity contribution < 1.29 is 18.8 Å². The van der Waals surface area contributed by atoms with Crippen molar-refractivity contribution in [2.75, 3.05) is 11.9 Å². The summed E-state index contributed by atoms with van der Waals surface area (Å²) < 4.78 is 13.4. The van der Waals surface area contributed by atoms with Crippen LogP contribution in [0.2, 0.25) is 0 Å². The Hall–Kier alpha value is -3.22. The van der Waals surface area contributed by atoms with E-state index in [4.69, 9.17) is 0 Å². The highest BCUT2D eigenvalue weighted by Gasteiger charge is 2.52. The van der Waals surface area contributed by atoms with Crippen LogP contribution in [0.3, 0.4) is 0 Å². The molecule has 1 heterocycles. The van der Waals surface area contributed by atoms with Crippen molar-refractivity contribution >= 4 is 23.5 Å². The molecule has 3 rings (SSSR count). The van der Waals surface area contributed by atoms with Gasteiger partial charge in [-0.3, -0.25) is 14.5 Å². The van der Waals surface area contributed by atoms with Gasteiger partial charge in [-0.1, -0.05) is 49.6 Å². The molecule has 0 saturated carbocycles. The number of benzene rings is 2. The molecule has 0 spiro atoms. The molecule has 7 heteroatoms. The minimum atomic E-state index is -1.29. The van der Waals surface area contributed by atoms with E-state index in [9.17, 15) is 18.8 Å². The van der Waals surface area contributed by atoms with Gasteiger partial charge in [-0.05, 0) is 49.6 Å². The van der Waals surface area contributed by atoms with Crippen molar-refractivity contribution in [3.63, 3.8) is 0 Å². The molecule has 1 fully saturated rings. The summed E-state index contributed by atoms with van der Waals surface area (Å²) >= 11 is 0. The number of anilines is 1. The zero-order chi connectivity index (χ0) is 21.9. The van der Waals surface area contributed by atoms with Gasteiger partial charge < -0.3 is 10.6 Å². The first-order valence-electron chi connectivity index (χ1n) is 10.0. The van der Waals surface area contributed by atoms with E-state index in [-0.39, 0.29) is 0 Å². The lowest BCUT2D eigenvalue weighted by atomic mass is 9.85. The molecule has 2 aromatic carbocycles. The zero-order valence-corrected chi connectivity index (χ0v) is 17.4. The Bertz CT molecular complexity index is 974. The number of unbranched alkanes of at least 4 members (excludes halogenated alkanes) is 1. The molecular weight excluding hydrogens is 385 g/mol. The standard InChI is InChI=1S/C23H26FN3O3/c1-4-5-12-23(17-7-9-18(24)10-8-17)21(29)27(22(30)26-23)14-20(28)25-19-11-6-15(2)13-16(19)3/h6-11,13H,4-5,12,14H2,1-3H3,(H,25,28)(H,26,30)/t23-/m0/s1. The number of hydrogen-bond donors (Lipinski definition) is 2. The summed E-state index contributed by atoms with van der Waals surface area (Å²) in [5.41, 5.74) is 1.81. The number of carbonyl (C=O) groups is 3. The predicted molar refractivity (Wildman–Crippen MR) is 112 cm³/mol. The quantitative estimate of drug-likeness (QED) is 0.676. The van der Waals surface area contributed by atoms with Gasteiger partial charge in [0.1, 0.15) is 17.9 Å². The molecule has 1 aliphatic rings. The topological polar surface area (TPSA) is 78.5 Å². The van der Waals surface area contributed by atoms with Crippen LogP contribution in [0, 0.1) is 19.7 Å². The number of aryl methyl sites for hydroxylation is 2. The first kappa shape index (κ1) is 21.5. The molecule has 0 aromatic heterocycles. The van der Waals surface area contributed by atoms with E-state index in [0.717, 1.165) is 22.4 Å². The predicted octanol–water partition coefficient (Wildman–Crippen LogP) is 4.02. The van der Waals surface area contributed by atoms with Gasteiger partial charge in [0, 0.05) is 5.69 Å². The summed E-state index contributed by atoms with van der Waals surface area (Å²) in [6.07, 6.45) is 1.88. The molecule has 1 saturated heterocycles. The number of rotatable bonds is 7. The van der Waals surface area contributed by atoms with Crippen LogP contribution in [-0.2, 0) is 15.1 Å². The van der Waals surface area contributed by atoms with Crippen molar-refractivity contribution in [1.29, 1.82) is 0 Å². The first-order valence-corrected chi connectivity index (χ1v) is 10.0. The summed E-state index contributed by atoms with van der Waals surface area (Å²) in [5.74, 6) is -1.38. The summed E-state index contributed by atoms with van der Waals surface area (Å²) in [4.78, 5) is 39.4. The maximum atomic E-state index is 13.4. The Morgan fingerprint density at radius 1 is 1.13 bits per heavy atom. The summed E-state index contributed by atoms with van der Waals surface area (Å²) in [7, 11) is 0. The normalized spacial score (nSPS) is 18.5. The average molecular weight is 411 g/mol. The third-order valence-electron chi connectivity index (χ3n) is 5.38. The van der Waals surface area contributed by atoms with Gasteiger partial charge in [-0.2, -0.15) is 0 Å². The van der Waals surface area contributed by atoms with Gasteiger partial charge in [0.2, 0.25) is 5.91 Å². The van der Waals surface area contributed by atoms with Gasteiger partial charge in [0.25, 0.3) is 5.91 Å². The summed E-state index contributed by atoms with van der Waals surface area (Å²) in [5, 5.41) is 5.52. The van der Waals surface area contributed by atoms with E-state index < -0.39 is 35.7 Å². The smallest absolute Gasteiger partial charge is 0.324 e. The molecule has 0 bridgehead atoms. The number of urea groups is 1. The van der Waals surface area contributed by atoms with Gasteiger partial charge in [-0.15, -0.1) is 0 Å². The molecule has 6 nitrogen and oxygen atoms in total. The van der Waals surface area contributed by atoms with E-state index in [1.54, 1.807) is 6.07 Å². The molecule has 2 aromatic rings. The number of nitrogens with one attached hydrogen (secondary N) is 2. The molecule has 0 radical (unpaired) electrons. The van der Waals surface area contributed by atoms with E-state index in [1.807, 2.05) is 32.9 Å². The molecule has 0 unspecified atom stereocenters. The highest BCUT2D eigenvalue weighted by Crippen LogP contribution is 2.34. The van der Waals surface area contributed by atoms with Crippen LogP contribution in [0.1, 0.15) is 42.9 Å². The van der Waals surface area contributed by atoms with E-state index in [0.29, 0.717) is 24.1 Å². The lowest BCUT2D eigenvalue weighted by molar-refractivity contribution is -0.134. The molecule has 158 valence electrons. The lowest BCUT2D eigenvalue weighted by Crippen LogP contribution is -2.44. The number of imide groups is 1. The molecule has 2 N–H and O–H groups in total. The highest BCUT2D eigenvalue weighted by molar-refractivity contribution is 6.10. The molecule has 1 aliphatic heterocycles. The molecule has 4 amide bonds. The van der Waals surface area contributed by atoms with Crippen LogP contribution in [0.4, 0.5) is 14.9 Å². The second-order valence-corrected chi connectivity index (χ2v) is 7.70. The Balaban J connectivity index is 1.82. The SMILES string of the molecule is CCCC[C@@]1(c2ccc(F)cc2)NC(=O)N(CC(=O)Nc2ccc(C)cc2C)C1=O. The lowest BCUT2D eigenvalue weighted by Gasteiger charge is -2.27. The Kier molecular flexibility index (Phi) is 6.20. The largest absolute Gasteiger partial charge is 0.325 e. The third kappa shape index (κ3) is 4.20. The van der Waals surface area contributed by atoms with Crippen molar-refractivity contribution in [3.8, 4) is 0 Å². The maximum Gasteiger partial charge on any atom is 0.325 e. The van der Waals surface area contributed by atoms with Crippen LogP contribution < -0.4 is 10.6 Å². The van der Waals surface area contributed by atoms with Crippen molar-refractivity contribution in [2.24, 2.45) is 0 Å². The van der Waals surface area contributed by atoms with E-state index >= 15 is 0 Å². The summed E-state index contributed by atoms with van der Waals surface area (Å²) in [6.45, 7) is 5.42. The number of amides is 4. The fourth-order valence-electron chi connectivity index (χ4n) is 3.74. The molecule has 30 heavy (non-hydrogen) atoms. The number of nitrogens with zero attached hydrogens (tertiary/aromatic N) is 1. The van der Waals surface area contributed by atoms with Gasteiger partial charge in [0.15, 0.2) is 0 Å². The van der Waals surface area contributed by atoms with Crippen LogP contribution in [0.5, 0.6) is 0 Å². The third-order valence-corrected chi connectivity index (χ3v) is 5.38. The Morgan fingerprint density at radius 3 is 2.47 bits per heavy atom. The van der Waals surface area contributed by atoms with Gasteiger partial charge in [-0.25, -0.2) is 9.18 Å². The highest BCUT2D eigenvalue weighted by atomic mass is 19.1. The van der Waals surface area contributed by atoms with Crippen LogP contribution >= 0.6 is 0 Å². The minimum absolute atomic E-state index is 0.370. The van der Waals surface area contributed by atoms with Crippen molar-refractivity contribution in [1.82, 2.24) is 10.2 Å². The number of halogens is 1. The minimum Gasteiger partial charge on any atom is -0.324 e. The fraction of sp³-hybridized carbons (Fsp3) is 0.348. The Labute approximate surface area is 175 Å². The van der Waals surface area contributed by atoms with Crippen molar-refractivity contribution in [2.45, 2.75) is 45.6 Å². The van der Waals surface area contributed by atoms with Crippen molar-refractivity contribution in [3.05, 3.63) is 65.0 Å². The van der Waals surface area contributed by atoms with E-state index in [1.165, 1.54) is 24.3 Å². The van der Waals surface area contributed by atoms with Crippen LogP contribution in [0.25, 0.3) is 0 Å². The second-order valence-electron chi connectivity index (χ2n) is 7.70. The van der Waals surface area contributed by atoms with Crippen LogP contribution in [-0.4, -0.2) is 29.3 Å². The number of carbonyl (C=O) groups excluding carboxylic acids is 3. The second kappa shape index (κ2) is 8.65. The molecular formula is C23H26FN3O3.